The van der Waals surface area contributed by atoms with Crippen molar-refractivity contribution in [2.75, 3.05) is 47.5 Å². The summed E-state index contributed by atoms with van der Waals surface area (Å²) in [6.07, 6.45) is 122. The van der Waals surface area contributed by atoms with Gasteiger partial charge in [-0.05, 0) is 89.9 Å². The maximum absolute atomic E-state index is 13.0. The number of nitrogens with zero attached hydrogens (tertiary/aromatic N) is 1. The molecule has 0 amide bonds. The second-order valence-corrected chi connectivity index (χ2v) is 33.7. The molecule has 106 heavy (non-hydrogen) atoms. The number of allylic oxidation sites excluding steroid dienone is 16. The van der Waals surface area contributed by atoms with Crippen LogP contribution in [0.4, 0.5) is 0 Å². The van der Waals surface area contributed by atoms with Gasteiger partial charge in [-0.1, -0.05) is 445 Å². The van der Waals surface area contributed by atoms with Gasteiger partial charge in [0.15, 0.2) is 6.10 Å². The van der Waals surface area contributed by atoms with Crippen molar-refractivity contribution in [3.8, 4) is 0 Å². The molecule has 0 aromatic carbocycles. The number of rotatable bonds is 86. The standard InChI is InChI=1S/C96H176NO8P/c1-6-8-10-12-14-16-18-20-22-24-26-28-30-32-34-36-38-40-42-44-46-48-50-52-54-56-58-60-62-64-66-68-70-72-74-76-78-80-82-84-86-88-95(98)102-92-94(93-104-106(100,101)103-91-90-97(3,4)5)105-96(99)89-87-85-83-81-79-77-75-73-71-69-67-65-63-61-59-57-55-53-51-49-47-45-43-41-39-37-35-33-31-29-27-25-23-21-19-17-15-13-11-9-7-2/h8-11,14-17,20-23,26-29,94H,6-7,12-13,18-19,24-25,30-93H2,1-5H3/p+1/b10-8-,11-9-,16-14-,17-15-,22-20-,23-21-,28-26-,29-27-. The zero-order valence-corrected chi connectivity index (χ0v) is 71.8. The zero-order chi connectivity index (χ0) is 76.8. The lowest BCUT2D eigenvalue weighted by Crippen LogP contribution is -2.37. The van der Waals surface area contributed by atoms with Gasteiger partial charge in [0.1, 0.15) is 19.8 Å². The van der Waals surface area contributed by atoms with E-state index < -0.39 is 26.5 Å². The third kappa shape index (κ3) is 89.8. The average molecular weight is 1500 g/mol. The summed E-state index contributed by atoms with van der Waals surface area (Å²) >= 11 is 0. The van der Waals surface area contributed by atoms with Gasteiger partial charge >= 0.3 is 19.8 Å². The van der Waals surface area contributed by atoms with Crippen molar-refractivity contribution >= 4 is 19.8 Å². The first-order chi connectivity index (χ1) is 52.0. The minimum absolute atomic E-state index is 0.0339. The first kappa shape index (κ1) is 103. The Morgan fingerprint density at radius 1 is 0.292 bits per heavy atom. The first-order valence-corrected chi connectivity index (χ1v) is 47.5. The Labute approximate surface area is 659 Å². The van der Waals surface area contributed by atoms with E-state index in [1.807, 2.05) is 21.1 Å². The van der Waals surface area contributed by atoms with E-state index in [1.54, 1.807) is 0 Å². The van der Waals surface area contributed by atoms with Gasteiger partial charge in [-0.2, -0.15) is 0 Å². The fourth-order valence-corrected chi connectivity index (χ4v) is 14.5. The van der Waals surface area contributed by atoms with Crippen molar-refractivity contribution < 1.29 is 42.1 Å². The van der Waals surface area contributed by atoms with Gasteiger partial charge in [-0.3, -0.25) is 18.6 Å². The summed E-state index contributed by atoms with van der Waals surface area (Å²) in [6.45, 7) is 4.28. The van der Waals surface area contributed by atoms with Gasteiger partial charge in [-0.25, -0.2) is 4.57 Å². The largest absolute Gasteiger partial charge is 0.472 e. The number of carbonyl (C=O) groups is 2. The van der Waals surface area contributed by atoms with E-state index in [-0.39, 0.29) is 25.6 Å². The molecule has 0 saturated carbocycles. The van der Waals surface area contributed by atoms with Gasteiger partial charge < -0.3 is 18.9 Å². The molecule has 1 N–H and O–H groups in total. The molecule has 0 aromatic heterocycles. The van der Waals surface area contributed by atoms with Gasteiger partial charge in [0.05, 0.1) is 27.7 Å². The minimum Gasteiger partial charge on any atom is -0.462 e. The molecular weight excluding hydrogens is 1330 g/mol. The Balaban J connectivity index is 3.82. The first-order valence-electron chi connectivity index (χ1n) is 46.0. The molecule has 0 saturated heterocycles. The van der Waals surface area contributed by atoms with E-state index in [2.05, 4.69) is 111 Å². The number of likely N-dealkylation sites (N-methyl/N-ethyl adjacent to an activating group) is 1. The van der Waals surface area contributed by atoms with Crippen LogP contribution in [0.2, 0.25) is 0 Å². The molecule has 9 nitrogen and oxygen atoms in total. The maximum Gasteiger partial charge on any atom is 0.472 e. The fourth-order valence-electron chi connectivity index (χ4n) is 13.7. The lowest BCUT2D eigenvalue weighted by molar-refractivity contribution is -0.870. The van der Waals surface area contributed by atoms with Crippen LogP contribution in [-0.2, 0) is 32.7 Å². The molecule has 0 aromatic rings. The SMILES string of the molecule is CC/C=C\C/C=C\C/C=C\C/C=C\CCCCCCCCCCCCCCCCCCCCCCCCCCCCCCC(=O)OCC(COP(=O)(O)OCC[N+](C)(C)C)OC(=O)CCCCCCCCCCCCCCCCCCCCCCCCCCCCCC/C=C\C/C=C\C/C=C\C/C=C\CC. The molecule has 0 rings (SSSR count). The maximum atomic E-state index is 13.0. The van der Waals surface area contributed by atoms with Crippen LogP contribution in [-0.4, -0.2) is 74.9 Å². The number of unbranched alkanes of at least 4 members (excludes halogenated alkanes) is 56. The van der Waals surface area contributed by atoms with E-state index in [4.69, 9.17) is 18.5 Å². The van der Waals surface area contributed by atoms with Gasteiger partial charge in [-0.15, -0.1) is 0 Å². The van der Waals surface area contributed by atoms with Crippen molar-refractivity contribution in [1.29, 1.82) is 0 Å². The molecule has 618 valence electrons. The number of carbonyl (C=O) groups excluding carboxylic acids is 2. The molecule has 0 fully saturated rings. The summed E-state index contributed by atoms with van der Waals surface area (Å²) in [5, 5.41) is 0. The summed E-state index contributed by atoms with van der Waals surface area (Å²) in [7, 11) is 1.50. The van der Waals surface area contributed by atoms with Gasteiger partial charge in [0, 0.05) is 12.8 Å². The predicted molar refractivity (Wildman–Crippen MR) is 464 cm³/mol. The Morgan fingerprint density at radius 3 is 0.755 bits per heavy atom. The topological polar surface area (TPSA) is 108 Å². The highest BCUT2D eigenvalue weighted by molar-refractivity contribution is 7.47. The van der Waals surface area contributed by atoms with Crippen LogP contribution in [0.1, 0.15) is 450 Å². The highest BCUT2D eigenvalue weighted by Crippen LogP contribution is 2.43. The van der Waals surface area contributed by atoms with E-state index in [1.165, 1.54) is 334 Å². The molecule has 0 aliphatic heterocycles. The Kier molecular flexibility index (Phi) is 83.4. The number of phosphoric acid groups is 1. The molecule has 10 heteroatoms. The third-order valence-corrected chi connectivity index (χ3v) is 21.6. The molecular formula is C96H177NO8P+. The highest BCUT2D eigenvalue weighted by Gasteiger charge is 2.27. The van der Waals surface area contributed by atoms with Crippen molar-refractivity contribution in [3.63, 3.8) is 0 Å². The van der Waals surface area contributed by atoms with Crippen LogP contribution < -0.4 is 0 Å². The van der Waals surface area contributed by atoms with Crippen molar-refractivity contribution in [3.05, 3.63) is 97.2 Å². The molecule has 0 aliphatic carbocycles. The van der Waals surface area contributed by atoms with Gasteiger partial charge in [0.2, 0.25) is 0 Å². The highest BCUT2D eigenvalue weighted by atomic mass is 31.2. The van der Waals surface area contributed by atoms with Crippen LogP contribution >= 0.6 is 7.82 Å². The van der Waals surface area contributed by atoms with E-state index in [0.717, 1.165) is 83.5 Å². The molecule has 0 aliphatic rings. The number of phosphoric ester groups is 1. The van der Waals surface area contributed by atoms with E-state index >= 15 is 0 Å². The molecule has 0 spiro atoms. The lowest BCUT2D eigenvalue weighted by atomic mass is 10.0. The number of quaternary nitrogens is 1. The molecule has 2 unspecified atom stereocenters. The van der Waals surface area contributed by atoms with Crippen LogP contribution in [0.3, 0.4) is 0 Å². The number of hydrogen-bond donors (Lipinski definition) is 1. The molecule has 0 heterocycles. The summed E-state index contributed by atoms with van der Waals surface area (Å²) in [6, 6.07) is 0. The van der Waals surface area contributed by atoms with E-state index in [9.17, 15) is 19.0 Å². The summed E-state index contributed by atoms with van der Waals surface area (Å²) in [5.74, 6) is -0.771. The van der Waals surface area contributed by atoms with Gasteiger partial charge in [0.25, 0.3) is 0 Å². The number of esters is 2. The number of hydrogen-bond acceptors (Lipinski definition) is 7. The second-order valence-electron chi connectivity index (χ2n) is 32.3. The van der Waals surface area contributed by atoms with Crippen molar-refractivity contribution in [2.45, 2.75) is 457 Å². The smallest absolute Gasteiger partial charge is 0.462 e. The normalized spacial score (nSPS) is 13.4. The molecule has 0 bridgehead atoms. The Bertz CT molecular complexity index is 2120. The minimum atomic E-state index is -4.40. The Morgan fingerprint density at radius 2 is 0.509 bits per heavy atom. The summed E-state index contributed by atoms with van der Waals surface area (Å²) < 4.78 is 34.9. The zero-order valence-electron chi connectivity index (χ0n) is 70.9. The number of ether oxygens (including phenoxy) is 2. The fraction of sp³-hybridized carbons (Fsp3) is 0.812. The van der Waals surface area contributed by atoms with Crippen LogP contribution in [0.15, 0.2) is 97.2 Å². The van der Waals surface area contributed by atoms with Crippen LogP contribution in [0.5, 0.6) is 0 Å². The quantitative estimate of drug-likeness (QED) is 0.0211. The third-order valence-electron chi connectivity index (χ3n) is 20.6. The van der Waals surface area contributed by atoms with Crippen LogP contribution in [0, 0.1) is 0 Å². The lowest BCUT2D eigenvalue weighted by Gasteiger charge is -2.24. The average Bonchev–Trinajstić information content (AvgIpc) is 0.951. The molecule has 0 radical (unpaired) electrons. The monoisotopic (exact) mass is 1500 g/mol. The second kappa shape index (κ2) is 85.9. The van der Waals surface area contributed by atoms with E-state index in [0.29, 0.717) is 23.9 Å². The molecule has 2 atom stereocenters. The Hall–Kier alpha value is -3.07. The van der Waals surface area contributed by atoms with Crippen molar-refractivity contribution in [2.24, 2.45) is 0 Å². The predicted octanol–water partition coefficient (Wildman–Crippen LogP) is 31.3. The van der Waals surface area contributed by atoms with Crippen LogP contribution in [0.25, 0.3) is 0 Å². The summed E-state index contributed by atoms with van der Waals surface area (Å²) in [5.41, 5.74) is 0. The summed E-state index contributed by atoms with van der Waals surface area (Å²) in [4.78, 5) is 36.1. The van der Waals surface area contributed by atoms with Crippen molar-refractivity contribution in [1.82, 2.24) is 0 Å².